The number of carbonyl (C=O) groups is 1. The number of anilines is 1. The van der Waals surface area contributed by atoms with Gasteiger partial charge in [0.25, 0.3) is 0 Å². The zero-order chi connectivity index (χ0) is 19.2. The van der Waals surface area contributed by atoms with Crippen molar-refractivity contribution >= 4 is 23.4 Å². The van der Waals surface area contributed by atoms with Crippen LogP contribution in [0, 0.1) is 0 Å². The van der Waals surface area contributed by atoms with E-state index in [1.165, 1.54) is 17.8 Å². The molecule has 0 saturated carbocycles. The second kappa shape index (κ2) is 8.75. The van der Waals surface area contributed by atoms with Crippen molar-refractivity contribution in [3.05, 3.63) is 48.3 Å². The summed E-state index contributed by atoms with van der Waals surface area (Å²) in [6.45, 7) is 4.11. The first kappa shape index (κ1) is 19.8. The highest BCUT2D eigenvalue weighted by Crippen LogP contribution is 2.30. The average molecular weight is 385 g/mol. The van der Waals surface area contributed by atoms with Gasteiger partial charge in [-0.25, -0.2) is 0 Å². The molecule has 0 saturated heterocycles. The number of alkyl halides is 3. The quantitative estimate of drug-likeness (QED) is 0.540. The van der Waals surface area contributed by atoms with Crippen LogP contribution < -0.4 is 10.6 Å². The molecular weight excluding hydrogens is 367 g/mol. The molecule has 0 spiro atoms. The fraction of sp³-hybridized carbons (Fsp3) is 0.312. The molecule has 6 nitrogen and oxygen atoms in total. The fourth-order valence-electron chi connectivity index (χ4n) is 1.98. The van der Waals surface area contributed by atoms with Crippen molar-refractivity contribution in [1.82, 2.24) is 20.1 Å². The molecule has 2 rings (SSSR count). The topological polar surface area (TPSA) is 71.8 Å². The number of carbonyl (C=O) groups excluding carboxylic acids is 1. The van der Waals surface area contributed by atoms with Crippen molar-refractivity contribution in [2.45, 2.75) is 17.9 Å². The monoisotopic (exact) mass is 385 g/mol. The van der Waals surface area contributed by atoms with Crippen LogP contribution in [-0.4, -0.2) is 33.0 Å². The molecule has 1 aromatic heterocycles. The standard InChI is InChI=1S/C16H18F3N5OS/c1-3-7-20-14(25)10-26-15-23-22-13(24(15)2)9-21-12-6-4-5-11(8-12)16(17,18)19/h3-6,8,21H,1,7,9-10H2,2H3,(H,20,25). The van der Waals surface area contributed by atoms with Gasteiger partial charge in [0.2, 0.25) is 5.91 Å². The highest BCUT2D eigenvalue weighted by molar-refractivity contribution is 7.99. The lowest BCUT2D eigenvalue weighted by atomic mass is 10.2. The molecule has 1 aromatic carbocycles. The van der Waals surface area contributed by atoms with Gasteiger partial charge in [-0.2, -0.15) is 13.2 Å². The Morgan fingerprint density at radius 2 is 2.15 bits per heavy atom. The van der Waals surface area contributed by atoms with E-state index < -0.39 is 11.7 Å². The summed E-state index contributed by atoms with van der Waals surface area (Å²) in [6.07, 6.45) is -2.80. The summed E-state index contributed by atoms with van der Waals surface area (Å²) in [4.78, 5) is 11.6. The molecule has 140 valence electrons. The maximum absolute atomic E-state index is 12.7. The van der Waals surface area contributed by atoms with Crippen LogP contribution in [0.15, 0.2) is 42.1 Å². The summed E-state index contributed by atoms with van der Waals surface area (Å²) >= 11 is 1.22. The molecule has 0 radical (unpaired) electrons. The van der Waals surface area contributed by atoms with Crippen LogP contribution in [0.4, 0.5) is 18.9 Å². The SMILES string of the molecule is C=CCNC(=O)CSc1nnc(CNc2cccc(C(F)(F)F)c2)n1C. The van der Waals surface area contributed by atoms with E-state index in [4.69, 9.17) is 0 Å². The molecule has 1 amide bonds. The largest absolute Gasteiger partial charge is 0.416 e. The van der Waals surface area contributed by atoms with E-state index in [0.29, 0.717) is 23.2 Å². The Labute approximate surface area is 152 Å². The van der Waals surface area contributed by atoms with Gasteiger partial charge in [0.05, 0.1) is 17.9 Å². The molecule has 1 heterocycles. The Morgan fingerprint density at radius 3 is 2.85 bits per heavy atom. The lowest BCUT2D eigenvalue weighted by Crippen LogP contribution is -2.25. The predicted octanol–water partition coefficient (Wildman–Crippen LogP) is 2.84. The molecule has 0 unspecified atom stereocenters. The van der Waals surface area contributed by atoms with Crippen molar-refractivity contribution < 1.29 is 18.0 Å². The van der Waals surface area contributed by atoms with Crippen LogP contribution in [0.3, 0.4) is 0 Å². The van der Waals surface area contributed by atoms with Crippen LogP contribution >= 0.6 is 11.8 Å². The van der Waals surface area contributed by atoms with Crippen molar-refractivity contribution in [3.63, 3.8) is 0 Å². The van der Waals surface area contributed by atoms with Crippen molar-refractivity contribution in [1.29, 1.82) is 0 Å². The van der Waals surface area contributed by atoms with Gasteiger partial charge in [0, 0.05) is 19.3 Å². The van der Waals surface area contributed by atoms with Gasteiger partial charge in [-0.3, -0.25) is 4.79 Å². The Kier molecular flexibility index (Phi) is 6.67. The van der Waals surface area contributed by atoms with E-state index in [-0.39, 0.29) is 18.2 Å². The Bertz CT molecular complexity index is 775. The summed E-state index contributed by atoms with van der Waals surface area (Å²) in [5.74, 6) is 0.568. The maximum Gasteiger partial charge on any atom is 0.416 e. The van der Waals surface area contributed by atoms with E-state index in [2.05, 4.69) is 27.4 Å². The van der Waals surface area contributed by atoms with Gasteiger partial charge >= 0.3 is 6.18 Å². The number of amides is 1. The zero-order valence-electron chi connectivity index (χ0n) is 14.0. The minimum absolute atomic E-state index is 0.151. The van der Waals surface area contributed by atoms with E-state index in [0.717, 1.165) is 12.1 Å². The summed E-state index contributed by atoms with van der Waals surface area (Å²) in [5, 5.41) is 14.1. The van der Waals surface area contributed by atoms with Crippen LogP contribution in [0.1, 0.15) is 11.4 Å². The summed E-state index contributed by atoms with van der Waals surface area (Å²) in [6, 6.07) is 4.94. The molecule has 0 fully saturated rings. The number of halogens is 3. The van der Waals surface area contributed by atoms with Crippen molar-refractivity contribution in [3.8, 4) is 0 Å². The molecule has 0 bridgehead atoms. The first-order chi connectivity index (χ1) is 12.3. The summed E-state index contributed by atoms with van der Waals surface area (Å²) in [5.41, 5.74) is -0.386. The molecule has 2 aromatic rings. The average Bonchev–Trinajstić information content (AvgIpc) is 2.95. The number of benzene rings is 1. The first-order valence-electron chi connectivity index (χ1n) is 7.61. The molecule has 2 N–H and O–H groups in total. The van der Waals surface area contributed by atoms with Gasteiger partial charge < -0.3 is 15.2 Å². The van der Waals surface area contributed by atoms with Gasteiger partial charge in [0.15, 0.2) is 11.0 Å². The van der Waals surface area contributed by atoms with Crippen LogP contribution in [0.5, 0.6) is 0 Å². The lowest BCUT2D eigenvalue weighted by molar-refractivity contribution is -0.137. The number of rotatable bonds is 8. The number of hydrogen-bond acceptors (Lipinski definition) is 5. The normalized spacial score (nSPS) is 11.2. The Balaban J connectivity index is 1.94. The van der Waals surface area contributed by atoms with Gasteiger partial charge in [0.1, 0.15) is 0 Å². The van der Waals surface area contributed by atoms with Gasteiger partial charge in [-0.15, -0.1) is 16.8 Å². The zero-order valence-corrected chi connectivity index (χ0v) is 14.8. The van der Waals surface area contributed by atoms with Gasteiger partial charge in [-0.1, -0.05) is 23.9 Å². The van der Waals surface area contributed by atoms with Crippen LogP contribution in [-0.2, 0) is 24.6 Å². The van der Waals surface area contributed by atoms with E-state index in [1.54, 1.807) is 23.8 Å². The Hall–Kier alpha value is -2.49. The second-order valence-electron chi connectivity index (χ2n) is 5.27. The maximum atomic E-state index is 12.7. The minimum atomic E-state index is -4.39. The number of hydrogen-bond donors (Lipinski definition) is 2. The minimum Gasteiger partial charge on any atom is -0.378 e. The van der Waals surface area contributed by atoms with E-state index >= 15 is 0 Å². The molecule has 0 atom stereocenters. The third kappa shape index (κ3) is 5.51. The fourth-order valence-corrected chi connectivity index (χ4v) is 2.74. The molecule has 0 aliphatic rings. The number of nitrogens with one attached hydrogen (secondary N) is 2. The molecule has 10 heteroatoms. The van der Waals surface area contributed by atoms with E-state index in [1.807, 2.05) is 0 Å². The van der Waals surface area contributed by atoms with Gasteiger partial charge in [-0.05, 0) is 18.2 Å². The molecule has 0 aliphatic heterocycles. The number of thioether (sulfide) groups is 1. The highest BCUT2D eigenvalue weighted by Gasteiger charge is 2.30. The first-order valence-corrected chi connectivity index (χ1v) is 8.59. The van der Waals surface area contributed by atoms with Crippen molar-refractivity contribution in [2.24, 2.45) is 7.05 Å². The third-order valence-electron chi connectivity index (χ3n) is 3.34. The molecular formula is C16H18F3N5OS. The summed E-state index contributed by atoms with van der Waals surface area (Å²) in [7, 11) is 1.73. The third-order valence-corrected chi connectivity index (χ3v) is 4.36. The summed E-state index contributed by atoms with van der Waals surface area (Å²) < 4.78 is 39.9. The van der Waals surface area contributed by atoms with Crippen molar-refractivity contribution in [2.75, 3.05) is 17.6 Å². The molecule has 26 heavy (non-hydrogen) atoms. The lowest BCUT2D eigenvalue weighted by Gasteiger charge is -2.10. The Morgan fingerprint density at radius 1 is 1.38 bits per heavy atom. The smallest absolute Gasteiger partial charge is 0.378 e. The van der Waals surface area contributed by atoms with Crippen LogP contribution in [0.2, 0.25) is 0 Å². The number of nitrogens with zero attached hydrogens (tertiary/aromatic N) is 3. The predicted molar refractivity (Wildman–Crippen MR) is 93.7 cm³/mol. The second-order valence-corrected chi connectivity index (χ2v) is 6.21. The molecule has 0 aliphatic carbocycles. The highest BCUT2D eigenvalue weighted by atomic mass is 32.2. The van der Waals surface area contributed by atoms with Crippen LogP contribution in [0.25, 0.3) is 0 Å². The number of aromatic nitrogens is 3. The van der Waals surface area contributed by atoms with E-state index in [9.17, 15) is 18.0 Å².